The van der Waals surface area contributed by atoms with Gasteiger partial charge in [0.05, 0.1) is 6.54 Å². The van der Waals surface area contributed by atoms with Gasteiger partial charge in [-0.25, -0.2) is 4.79 Å². The van der Waals surface area contributed by atoms with Gasteiger partial charge in [0.15, 0.2) is 0 Å². The number of aromatic hydroxyl groups is 1. The lowest BCUT2D eigenvalue weighted by atomic mass is 10.1. The molecule has 2 amide bonds. The van der Waals surface area contributed by atoms with Crippen molar-refractivity contribution in [3.05, 3.63) is 53.9 Å². The zero-order chi connectivity index (χ0) is 17.2. The molecule has 1 aromatic heterocycles. The molecular formula is C17H15N5O3. The standard InChI is InChI=1S/C17H15N5O3/c23-13-3-1-2-10(6-13)16-22-21-15(25-16)9-18-12-5-4-11-8-19-17(24)20-14(11)7-12/h1-7,18,23H,8-9H2,(H2,19,20,24). The van der Waals surface area contributed by atoms with E-state index in [9.17, 15) is 9.90 Å². The first kappa shape index (κ1) is 15.0. The molecule has 0 saturated carbocycles. The largest absolute Gasteiger partial charge is 0.508 e. The Balaban J connectivity index is 1.45. The molecule has 0 radical (unpaired) electrons. The van der Waals surface area contributed by atoms with E-state index < -0.39 is 0 Å². The fourth-order valence-corrected chi connectivity index (χ4v) is 2.56. The smallest absolute Gasteiger partial charge is 0.319 e. The molecule has 0 atom stereocenters. The van der Waals surface area contributed by atoms with Crippen molar-refractivity contribution < 1.29 is 14.3 Å². The Labute approximate surface area is 142 Å². The number of benzene rings is 2. The van der Waals surface area contributed by atoms with E-state index in [0.29, 0.717) is 30.4 Å². The van der Waals surface area contributed by atoms with E-state index in [1.54, 1.807) is 24.3 Å². The Morgan fingerprint density at radius 2 is 2.12 bits per heavy atom. The predicted octanol–water partition coefficient (Wildman–Crippen LogP) is 2.69. The summed E-state index contributed by atoms with van der Waals surface area (Å²) < 4.78 is 5.60. The van der Waals surface area contributed by atoms with E-state index >= 15 is 0 Å². The number of carbonyl (C=O) groups is 1. The number of carbonyl (C=O) groups excluding carboxylic acids is 1. The second-order valence-electron chi connectivity index (χ2n) is 5.58. The molecule has 8 nitrogen and oxygen atoms in total. The summed E-state index contributed by atoms with van der Waals surface area (Å²) in [5, 5.41) is 26.2. The van der Waals surface area contributed by atoms with E-state index in [0.717, 1.165) is 16.9 Å². The first-order valence-electron chi connectivity index (χ1n) is 7.71. The molecule has 4 rings (SSSR count). The van der Waals surface area contributed by atoms with Crippen LogP contribution >= 0.6 is 0 Å². The zero-order valence-electron chi connectivity index (χ0n) is 13.1. The van der Waals surface area contributed by atoms with Crippen LogP contribution in [0, 0.1) is 0 Å². The lowest BCUT2D eigenvalue weighted by Crippen LogP contribution is -2.33. The highest BCUT2D eigenvalue weighted by atomic mass is 16.4. The predicted molar refractivity (Wildman–Crippen MR) is 91.0 cm³/mol. The topological polar surface area (TPSA) is 112 Å². The van der Waals surface area contributed by atoms with E-state index in [2.05, 4.69) is 26.1 Å². The maximum absolute atomic E-state index is 11.4. The third kappa shape index (κ3) is 3.23. The minimum atomic E-state index is -0.211. The van der Waals surface area contributed by atoms with Crippen molar-refractivity contribution in [3.8, 4) is 17.2 Å². The van der Waals surface area contributed by atoms with Gasteiger partial charge in [0.25, 0.3) is 0 Å². The summed E-state index contributed by atoms with van der Waals surface area (Å²) in [5.74, 6) is 0.902. The molecule has 8 heteroatoms. The van der Waals surface area contributed by atoms with Gasteiger partial charge in [0, 0.05) is 23.5 Å². The summed E-state index contributed by atoms with van der Waals surface area (Å²) in [6, 6.07) is 12.1. The number of rotatable bonds is 4. The molecule has 0 spiro atoms. The van der Waals surface area contributed by atoms with E-state index in [1.807, 2.05) is 18.2 Å². The molecule has 1 aliphatic rings. The number of amides is 2. The quantitative estimate of drug-likeness (QED) is 0.582. The number of hydrogen-bond acceptors (Lipinski definition) is 6. The highest BCUT2D eigenvalue weighted by Gasteiger charge is 2.14. The number of nitrogens with zero attached hydrogens (tertiary/aromatic N) is 2. The van der Waals surface area contributed by atoms with Crippen molar-refractivity contribution >= 4 is 17.4 Å². The average Bonchev–Trinajstić information content (AvgIpc) is 3.08. The Morgan fingerprint density at radius 1 is 1.20 bits per heavy atom. The van der Waals surface area contributed by atoms with Gasteiger partial charge in [-0.2, -0.15) is 0 Å². The number of phenols is 1. The van der Waals surface area contributed by atoms with Crippen LogP contribution in [0.25, 0.3) is 11.5 Å². The molecule has 0 saturated heterocycles. The number of phenolic OH excluding ortho intramolecular Hbond substituents is 1. The molecule has 1 aliphatic heterocycles. The van der Waals surface area contributed by atoms with Gasteiger partial charge in [0.2, 0.25) is 11.8 Å². The van der Waals surface area contributed by atoms with Crippen molar-refractivity contribution in [2.45, 2.75) is 13.1 Å². The van der Waals surface area contributed by atoms with Crippen molar-refractivity contribution in [1.29, 1.82) is 0 Å². The molecule has 0 unspecified atom stereocenters. The van der Waals surface area contributed by atoms with Gasteiger partial charge in [-0.15, -0.1) is 10.2 Å². The van der Waals surface area contributed by atoms with Gasteiger partial charge in [-0.1, -0.05) is 12.1 Å². The summed E-state index contributed by atoms with van der Waals surface area (Å²) in [6.07, 6.45) is 0. The fourth-order valence-electron chi connectivity index (χ4n) is 2.56. The zero-order valence-corrected chi connectivity index (χ0v) is 13.1. The normalized spacial score (nSPS) is 12.9. The van der Waals surface area contributed by atoms with E-state index in [4.69, 9.17) is 4.42 Å². The van der Waals surface area contributed by atoms with Gasteiger partial charge in [-0.3, -0.25) is 0 Å². The number of anilines is 2. The third-order valence-corrected chi connectivity index (χ3v) is 3.80. The summed E-state index contributed by atoms with van der Waals surface area (Å²) >= 11 is 0. The van der Waals surface area contributed by atoms with Crippen molar-refractivity contribution in [2.24, 2.45) is 0 Å². The van der Waals surface area contributed by atoms with Crippen LogP contribution in [0.5, 0.6) is 5.75 Å². The minimum Gasteiger partial charge on any atom is -0.508 e. The number of aromatic nitrogens is 2. The maximum Gasteiger partial charge on any atom is 0.319 e. The van der Waals surface area contributed by atoms with Crippen LogP contribution in [0.15, 0.2) is 46.9 Å². The van der Waals surface area contributed by atoms with Crippen LogP contribution in [0.3, 0.4) is 0 Å². The molecule has 2 heterocycles. The second kappa shape index (κ2) is 6.16. The van der Waals surface area contributed by atoms with Crippen LogP contribution in [0.1, 0.15) is 11.5 Å². The fraction of sp³-hybridized carbons (Fsp3) is 0.118. The highest BCUT2D eigenvalue weighted by molar-refractivity contribution is 5.92. The van der Waals surface area contributed by atoms with Gasteiger partial charge in [-0.05, 0) is 35.9 Å². The Hall–Kier alpha value is -3.55. The average molecular weight is 337 g/mol. The summed E-state index contributed by atoms with van der Waals surface area (Å²) in [7, 11) is 0. The molecule has 4 N–H and O–H groups in total. The highest BCUT2D eigenvalue weighted by Crippen LogP contribution is 2.25. The molecule has 0 aliphatic carbocycles. The molecule has 3 aromatic rings. The Morgan fingerprint density at radius 3 is 3.00 bits per heavy atom. The summed E-state index contributed by atoms with van der Waals surface area (Å²) in [5.41, 5.74) is 3.29. The van der Waals surface area contributed by atoms with E-state index in [-0.39, 0.29) is 11.8 Å². The molecular weight excluding hydrogens is 322 g/mol. The van der Waals surface area contributed by atoms with Gasteiger partial charge >= 0.3 is 6.03 Å². The Bertz CT molecular complexity index is 938. The third-order valence-electron chi connectivity index (χ3n) is 3.80. The van der Waals surface area contributed by atoms with Crippen LogP contribution in [0.2, 0.25) is 0 Å². The maximum atomic E-state index is 11.4. The molecule has 0 fully saturated rings. The summed E-state index contributed by atoms with van der Waals surface area (Å²) in [6.45, 7) is 0.856. The van der Waals surface area contributed by atoms with Gasteiger partial charge in [0.1, 0.15) is 5.75 Å². The van der Waals surface area contributed by atoms with Crippen LogP contribution in [-0.4, -0.2) is 21.3 Å². The first-order valence-corrected chi connectivity index (χ1v) is 7.71. The summed E-state index contributed by atoms with van der Waals surface area (Å²) in [4.78, 5) is 11.4. The number of urea groups is 1. The van der Waals surface area contributed by atoms with Crippen LogP contribution in [-0.2, 0) is 13.1 Å². The van der Waals surface area contributed by atoms with Crippen molar-refractivity contribution in [1.82, 2.24) is 15.5 Å². The Kier molecular flexibility index (Phi) is 3.70. The minimum absolute atomic E-state index is 0.140. The first-order chi connectivity index (χ1) is 12.2. The number of fused-ring (bicyclic) bond motifs is 1. The van der Waals surface area contributed by atoms with Crippen molar-refractivity contribution in [2.75, 3.05) is 10.6 Å². The number of nitrogens with one attached hydrogen (secondary N) is 3. The number of hydrogen-bond donors (Lipinski definition) is 4. The molecule has 0 bridgehead atoms. The van der Waals surface area contributed by atoms with Gasteiger partial charge < -0.3 is 25.5 Å². The van der Waals surface area contributed by atoms with E-state index in [1.165, 1.54) is 0 Å². The molecule has 2 aromatic carbocycles. The molecule has 25 heavy (non-hydrogen) atoms. The van der Waals surface area contributed by atoms with Crippen LogP contribution < -0.4 is 16.0 Å². The SMILES string of the molecule is O=C1NCc2ccc(NCc3nnc(-c4cccc(O)c4)o3)cc2N1. The second-order valence-corrected chi connectivity index (χ2v) is 5.58. The monoisotopic (exact) mass is 337 g/mol. The molecule has 126 valence electrons. The van der Waals surface area contributed by atoms with Crippen LogP contribution in [0.4, 0.5) is 16.2 Å². The van der Waals surface area contributed by atoms with Crippen molar-refractivity contribution in [3.63, 3.8) is 0 Å². The lowest BCUT2D eigenvalue weighted by Gasteiger charge is -2.19. The lowest BCUT2D eigenvalue weighted by molar-refractivity contribution is 0.251.